The summed E-state index contributed by atoms with van der Waals surface area (Å²) in [5.74, 6) is 0.481. The number of hydrogen-bond acceptors (Lipinski definition) is 3. The maximum Gasteiger partial charge on any atom is 0.253 e. The summed E-state index contributed by atoms with van der Waals surface area (Å²) in [6.07, 6.45) is -0.477. The molecule has 1 rings (SSSR count). The van der Waals surface area contributed by atoms with Crippen molar-refractivity contribution in [1.82, 2.24) is 0 Å². The largest absolute Gasteiger partial charge is 0.495 e. The van der Waals surface area contributed by atoms with Gasteiger partial charge in [0.1, 0.15) is 11.9 Å². The van der Waals surface area contributed by atoms with Gasteiger partial charge in [0, 0.05) is 18.9 Å². The first-order chi connectivity index (χ1) is 7.58. The van der Waals surface area contributed by atoms with Gasteiger partial charge in [0.25, 0.3) is 5.91 Å². The van der Waals surface area contributed by atoms with E-state index in [2.05, 4.69) is 21.2 Å². The normalized spacial score (nSPS) is 12.0. The minimum Gasteiger partial charge on any atom is -0.495 e. The molecular weight excluding hydrogens is 274 g/mol. The number of hydrogen-bond donors (Lipinski definition) is 1. The molecule has 16 heavy (non-hydrogen) atoms. The van der Waals surface area contributed by atoms with Crippen LogP contribution in [0.15, 0.2) is 22.7 Å². The smallest absolute Gasteiger partial charge is 0.253 e. The van der Waals surface area contributed by atoms with Crippen molar-refractivity contribution >= 4 is 27.5 Å². The third-order valence-electron chi connectivity index (χ3n) is 2.14. The van der Waals surface area contributed by atoms with E-state index in [0.29, 0.717) is 11.4 Å². The molecule has 0 aromatic heterocycles. The lowest BCUT2D eigenvalue weighted by Crippen LogP contribution is -2.26. The number of nitrogens with one attached hydrogen (secondary N) is 1. The first-order valence-electron chi connectivity index (χ1n) is 4.75. The van der Waals surface area contributed by atoms with Gasteiger partial charge in [-0.2, -0.15) is 0 Å². The van der Waals surface area contributed by atoms with Crippen LogP contribution in [0.3, 0.4) is 0 Å². The average molecular weight is 288 g/mol. The van der Waals surface area contributed by atoms with Crippen molar-refractivity contribution in [3.05, 3.63) is 22.7 Å². The molecule has 1 atom stereocenters. The van der Waals surface area contributed by atoms with E-state index in [4.69, 9.17) is 9.47 Å². The summed E-state index contributed by atoms with van der Waals surface area (Å²) in [6, 6.07) is 5.34. The number of ether oxygens (including phenoxy) is 2. The van der Waals surface area contributed by atoms with Crippen LogP contribution in [0.5, 0.6) is 5.75 Å². The molecule has 1 unspecified atom stereocenters. The lowest BCUT2D eigenvalue weighted by atomic mass is 10.3. The maximum absolute atomic E-state index is 11.5. The van der Waals surface area contributed by atoms with Crippen molar-refractivity contribution in [3.63, 3.8) is 0 Å². The molecule has 0 saturated carbocycles. The zero-order chi connectivity index (χ0) is 12.1. The number of halogens is 1. The fraction of sp³-hybridized carbons (Fsp3) is 0.364. The molecule has 5 heteroatoms. The van der Waals surface area contributed by atoms with E-state index in [9.17, 15) is 4.79 Å². The van der Waals surface area contributed by atoms with E-state index < -0.39 is 6.10 Å². The van der Waals surface area contributed by atoms with Crippen LogP contribution in [0.25, 0.3) is 0 Å². The van der Waals surface area contributed by atoms with Crippen LogP contribution < -0.4 is 10.1 Å². The number of carbonyl (C=O) groups is 1. The second-order valence-electron chi connectivity index (χ2n) is 3.22. The number of methoxy groups -OCH3 is 2. The van der Waals surface area contributed by atoms with Gasteiger partial charge in [-0.25, -0.2) is 0 Å². The van der Waals surface area contributed by atoms with Gasteiger partial charge in [0.15, 0.2) is 0 Å². The minimum atomic E-state index is -0.477. The monoisotopic (exact) mass is 287 g/mol. The molecule has 0 fully saturated rings. The zero-order valence-electron chi connectivity index (χ0n) is 9.41. The predicted molar refractivity (Wildman–Crippen MR) is 65.8 cm³/mol. The number of rotatable bonds is 4. The maximum atomic E-state index is 11.5. The van der Waals surface area contributed by atoms with Gasteiger partial charge in [0.05, 0.1) is 11.6 Å². The summed E-state index contributed by atoms with van der Waals surface area (Å²) in [7, 11) is 3.07. The van der Waals surface area contributed by atoms with Gasteiger partial charge in [-0.05, 0) is 35.0 Å². The Bertz CT molecular complexity index is 381. The van der Waals surface area contributed by atoms with Crippen molar-refractivity contribution in [2.24, 2.45) is 0 Å². The molecule has 0 saturated heterocycles. The van der Waals surface area contributed by atoms with E-state index in [0.717, 1.165) is 4.47 Å². The lowest BCUT2D eigenvalue weighted by molar-refractivity contribution is -0.124. The molecule has 1 amide bonds. The van der Waals surface area contributed by atoms with Gasteiger partial charge in [-0.1, -0.05) is 0 Å². The number of carbonyl (C=O) groups excluding carboxylic acids is 1. The van der Waals surface area contributed by atoms with Crippen molar-refractivity contribution < 1.29 is 14.3 Å². The number of amides is 1. The summed E-state index contributed by atoms with van der Waals surface area (Å²) in [5.41, 5.74) is 0.675. The highest BCUT2D eigenvalue weighted by Crippen LogP contribution is 2.27. The van der Waals surface area contributed by atoms with Crippen LogP contribution in [0.1, 0.15) is 6.92 Å². The fourth-order valence-electron chi connectivity index (χ4n) is 1.09. The molecule has 1 N–H and O–H groups in total. The summed E-state index contributed by atoms with van der Waals surface area (Å²) in [4.78, 5) is 11.5. The van der Waals surface area contributed by atoms with Crippen molar-refractivity contribution in [1.29, 1.82) is 0 Å². The topological polar surface area (TPSA) is 47.6 Å². The molecule has 0 heterocycles. The SMILES string of the molecule is COc1cc(NC(=O)C(C)OC)ccc1Br. The van der Waals surface area contributed by atoms with Crippen LogP contribution in [-0.4, -0.2) is 26.2 Å². The van der Waals surface area contributed by atoms with E-state index in [1.54, 1.807) is 26.2 Å². The summed E-state index contributed by atoms with van der Waals surface area (Å²) in [6.45, 7) is 1.69. The van der Waals surface area contributed by atoms with Gasteiger partial charge in [-0.15, -0.1) is 0 Å². The van der Waals surface area contributed by atoms with Crippen LogP contribution in [0.4, 0.5) is 5.69 Å². The molecule has 0 radical (unpaired) electrons. The van der Waals surface area contributed by atoms with Gasteiger partial charge >= 0.3 is 0 Å². The summed E-state index contributed by atoms with van der Waals surface area (Å²) in [5, 5.41) is 2.73. The first-order valence-corrected chi connectivity index (χ1v) is 5.55. The molecule has 1 aromatic rings. The Balaban J connectivity index is 2.78. The standard InChI is InChI=1S/C11H14BrNO3/c1-7(15-2)11(14)13-8-4-5-9(12)10(6-8)16-3/h4-7H,1-3H3,(H,13,14). The number of anilines is 1. The second-order valence-corrected chi connectivity index (χ2v) is 4.07. The van der Waals surface area contributed by atoms with Gasteiger partial charge in [0.2, 0.25) is 0 Å². The third-order valence-corrected chi connectivity index (χ3v) is 2.80. The molecule has 0 spiro atoms. The summed E-state index contributed by atoms with van der Waals surface area (Å²) < 4.78 is 10.9. The molecule has 0 bridgehead atoms. The van der Waals surface area contributed by atoms with Crippen LogP contribution in [0, 0.1) is 0 Å². The van der Waals surface area contributed by atoms with Crippen molar-refractivity contribution in [3.8, 4) is 5.75 Å². The molecular formula is C11H14BrNO3. The Hall–Kier alpha value is -1.07. The quantitative estimate of drug-likeness (QED) is 0.925. The van der Waals surface area contributed by atoms with Crippen LogP contribution in [0.2, 0.25) is 0 Å². The molecule has 0 aliphatic rings. The highest BCUT2D eigenvalue weighted by atomic mass is 79.9. The molecule has 88 valence electrons. The molecule has 0 aliphatic carbocycles. The zero-order valence-corrected chi connectivity index (χ0v) is 11.0. The third kappa shape index (κ3) is 3.21. The Morgan fingerprint density at radius 2 is 2.12 bits per heavy atom. The lowest BCUT2D eigenvalue weighted by Gasteiger charge is -2.11. The highest BCUT2D eigenvalue weighted by molar-refractivity contribution is 9.10. The van der Waals surface area contributed by atoms with Gasteiger partial charge in [-0.3, -0.25) is 4.79 Å². The minimum absolute atomic E-state index is 0.188. The Morgan fingerprint density at radius 1 is 1.44 bits per heavy atom. The van der Waals surface area contributed by atoms with Crippen LogP contribution in [-0.2, 0) is 9.53 Å². The Labute approximate surface area is 103 Å². The molecule has 0 aliphatic heterocycles. The van der Waals surface area contributed by atoms with Crippen molar-refractivity contribution in [2.45, 2.75) is 13.0 Å². The van der Waals surface area contributed by atoms with E-state index in [1.165, 1.54) is 7.11 Å². The number of benzene rings is 1. The Morgan fingerprint density at radius 3 is 2.69 bits per heavy atom. The van der Waals surface area contributed by atoms with Gasteiger partial charge < -0.3 is 14.8 Å². The molecule has 1 aromatic carbocycles. The molecule has 4 nitrogen and oxygen atoms in total. The summed E-state index contributed by atoms with van der Waals surface area (Å²) >= 11 is 3.34. The van der Waals surface area contributed by atoms with E-state index in [-0.39, 0.29) is 5.91 Å². The highest BCUT2D eigenvalue weighted by Gasteiger charge is 2.12. The second kappa shape index (κ2) is 5.86. The Kier molecular flexibility index (Phi) is 4.76. The predicted octanol–water partition coefficient (Wildman–Crippen LogP) is 2.43. The average Bonchev–Trinajstić information content (AvgIpc) is 2.30. The fourth-order valence-corrected chi connectivity index (χ4v) is 1.50. The first kappa shape index (κ1) is 13.0. The van der Waals surface area contributed by atoms with Crippen LogP contribution >= 0.6 is 15.9 Å². The van der Waals surface area contributed by atoms with E-state index >= 15 is 0 Å². The van der Waals surface area contributed by atoms with E-state index in [1.807, 2.05) is 6.07 Å². The van der Waals surface area contributed by atoms with Crippen molar-refractivity contribution in [2.75, 3.05) is 19.5 Å².